The van der Waals surface area contributed by atoms with Gasteiger partial charge in [-0.15, -0.1) is 13.2 Å². The number of hydrogen-bond donors (Lipinski definition) is 0. The monoisotopic (exact) mass is 234 g/mol. The normalized spacial score (nSPS) is 10.9. The zero-order chi connectivity index (χ0) is 12.8. The van der Waals surface area contributed by atoms with Gasteiger partial charge in [-0.1, -0.05) is 72.8 Å². The molecule has 0 radical (unpaired) electrons. The lowest BCUT2D eigenvalue weighted by Gasteiger charge is -2.31. The molecule has 0 atom stereocenters. The molecule has 0 bridgehead atoms. The third kappa shape index (κ3) is 2.14. The number of rotatable bonds is 5. The van der Waals surface area contributed by atoms with Crippen molar-refractivity contribution in [2.45, 2.75) is 11.8 Å². The third-order valence-corrected chi connectivity index (χ3v) is 3.39. The first kappa shape index (κ1) is 12.4. The SMILES string of the molecule is C=CCC(C=C)(c1ccccc1)c1ccccc1. The van der Waals surface area contributed by atoms with Gasteiger partial charge in [0.05, 0.1) is 0 Å². The van der Waals surface area contributed by atoms with Crippen molar-refractivity contribution >= 4 is 0 Å². The third-order valence-electron chi connectivity index (χ3n) is 3.39. The minimum atomic E-state index is -0.176. The van der Waals surface area contributed by atoms with Crippen LogP contribution in [0.3, 0.4) is 0 Å². The fraction of sp³-hybridized carbons (Fsp3) is 0.111. The first-order valence-corrected chi connectivity index (χ1v) is 6.19. The molecule has 0 heterocycles. The number of benzene rings is 2. The van der Waals surface area contributed by atoms with Gasteiger partial charge in [-0.25, -0.2) is 0 Å². The summed E-state index contributed by atoms with van der Waals surface area (Å²) < 4.78 is 0. The summed E-state index contributed by atoms with van der Waals surface area (Å²) in [6.45, 7) is 7.95. The average molecular weight is 234 g/mol. The van der Waals surface area contributed by atoms with Crippen molar-refractivity contribution in [2.75, 3.05) is 0 Å². The number of allylic oxidation sites excluding steroid dienone is 2. The van der Waals surface area contributed by atoms with E-state index in [4.69, 9.17) is 0 Å². The molecule has 0 aliphatic heterocycles. The summed E-state index contributed by atoms with van der Waals surface area (Å²) in [6.07, 6.45) is 4.84. The van der Waals surface area contributed by atoms with E-state index in [1.165, 1.54) is 11.1 Å². The molecule has 0 amide bonds. The molecule has 0 aliphatic carbocycles. The van der Waals surface area contributed by atoms with Gasteiger partial charge < -0.3 is 0 Å². The molecule has 0 N–H and O–H groups in total. The van der Waals surface area contributed by atoms with Crippen molar-refractivity contribution in [1.29, 1.82) is 0 Å². The fourth-order valence-electron chi connectivity index (χ4n) is 2.42. The van der Waals surface area contributed by atoms with E-state index in [0.29, 0.717) is 0 Å². The average Bonchev–Trinajstić information content (AvgIpc) is 2.47. The Kier molecular flexibility index (Phi) is 3.78. The van der Waals surface area contributed by atoms with Gasteiger partial charge in [-0.05, 0) is 17.5 Å². The van der Waals surface area contributed by atoms with Crippen LogP contribution in [0.5, 0.6) is 0 Å². The Hall–Kier alpha value is -2.08. The maximum Gasteiger partial charge on any atom is 0.0413 e. The molecule has 0 unspecified atom stereocenters. The van der Waals surface area contributed by atoms with Gasteiger partial charge >= 0.3 is 0 Å². The predicted octanol–water partition coefficient (Wildman–Crippen LogP) is 4.73. The van der Waals surface area contributed by atoms with Crippen molar-refractivity contribution in [3.8, 4) is 0 Å². The molecule has 2 rings (SSSR count). The highest BCUT2D eigenvalue weighted by Gasteiger charge is 2.29. The summed E-state index contributed by atoms with van der Waals surface area (Å²) in [4.78, 5) is 0. The van der Waals surface area contributed by atoms with E-state index >= 15 is 0 Å². The summed E-state index contributed by atoms with van der Waals surface area (Å²) in [7, 11) is 0. The van der Waals surface area contributed by atoms with Gasteiger partial charge in [-0.2, -0.15) is 0 Å². The second kappa shape index (κ2) is 5.50. The molecule has 0 fully saturated rings. The lowest BCUT2D eigenvalue weighted by atomic mass is 9.72. The zero-order valence-corrected chi connectivity index (χ0v) is 10.5. The largest absolute Gasteiger partial charge is 0.103 e. The van der Waals surface area contributed by atoms with Crippen LogP contribution in [0.1, 0.15) is 17.5 Å². The van der Waals surface area contributed by atoms with E-state index in [1.807, 2.05) is 24.3 Å². The van der Waals surface area contributed by atoms with Crippen LogP contribution in [0.15, 0.2) is 86.0 Å². The van der Waals surface area contributed by atoms with E-state index in [0.717, 1.165) is 6.42 Å². The molecule has 0 aromatic heterocycles. The highest BCUT2D eigenvalue weighted by Crippen LogP contribution is 2.36. The van der Waals surface area contributed by atoms with Crippen LogP contribution in [0.2, 0.25) is 0 Å². The smallest absolute Gasteiger partial charge is 0.0413 e. The topological polar surface area (TPSA) is 0 Å². The summed E-state index contributed by atoms with van der Waals surface area (Å²) in [6, 6.07) is 21.0. The highest BCUT2D eigenvalue weighted by molar-refractivity contribution is 5.44. The molecule has 0 saturated heterocycles. The Labute approximate surface area is 109 Å². The molecule has 90 valence electrons. The van der Waals surface area contributed by atoms with E-state index in [9.17, 15) is 0 Å². The molecular weight excluding hydrogens is 216 g/mol. The van der Waals surface area contributed by atoms with Gasteiger partial charge in [0.15, 0.2) is 0 Å². The molecule has 2 aromatic rings. The Morgan fingerprint density at radius 1 is 0.778 bits per heavy atom. The van der Waals surface area contributed by atoms with Gasteiger partial charge in [0.25, 0.3) is 0 Å². The van der Waals surface area contributed by atoms with E-state index < -0.39 is 0 Å². The molecule has 0 spiro atoms. The van der Waals surface area contributed by atoms with Gasteiger partial charge in [-0.3, -0.25) is 0 Å². The van der Waals surface area contributed by atoms with Crippen LogP contribution in [-0.4, -0.2) is 0 Å². The van der Waals surface area contributed by atoms with Crippen molar-refractivity contribution in [1.82, 2.24) is 0 Å². The van der Waals surface area contributed by atoms with E-state index in [1.54, 1.807) is 0 Å². The quantitative estimate of drug-likeness (QED) is 0.656. The van der Waals surface area contributed by atoms with Crippen LogP contribution < -0.4 is 0 Å². The molecule has 18 heavy (non-hydrogen) atoms. The Bertz CT molecular complexity index is 469. The lowest BCUT2D eigenvalue weighted by molar-refractivity contribution is 0.656. The summed E-state index contributed by atoms with van der Waals surface area (Å²) in [5, 5.41) is 0. The zero-order valence-electron chi connectivity index (χ0n) is 10.5. The molecule has 0 nitrogen and oxygen atoms in total. The molecule has 2 aromatic carbocycles. The van der Waals surface area contributed by atoms with Crippen molar-refractivity contribution < 1.29 is 0 Å². The van der Waals surface area contributed by atoms with Crippen molar-refractivity contribution in [2.24, 2.45) is 0 Å². The van der Waals surface area contributed by atoms with Gasteiger partial charge in [0.1, 0.15) is 0 Å². The van der Waals surface area contributed by atoms with Gasteiger partial charge in [0, 0.05) is 5.41 Å². The lowest BCUT2D eigenvalue weighted by Crippen LogP contribution is -2.24. The second-order valence-corrected chi connectivity index (χ2v) is 4.40. The van der Waals surface area contributed by atoms with Crippen LogP contribution >= 0.6 is 0 Å². The summed E-state index contributed by atoms with van der Waals surface area (Å²) >= 11 is 0. The summed E-state index contributed by atoms with van der Waals surface area (Å²) in [5.41, 5.74) is 2.33. The second-order valence-electron chi connectivity index (χ2n) is 4.40. The van der Waals surface area contributed by atoms with Crippen LogP contribution in [0.4, 0.5) is 0 Å². The van der Waals surface area contributed by atoms with Crippen LogP contribution in [0, 0.1) is 0 Å². The minimum Gasteiger partial charge on any atom is -0.103 e. The Morgan fingerprint density at radius 2 is 1.22 bits per heavy atom. The predicted molar refractivity (Wildman–Crippen MR) is 78.7 cm³/mol. The Balaban J connectivity index is 2.60. The van der Waals surface area contributed by atoms with Crippen molar-refractivity contribution in [3.05, 3.63) is 97.1 Å². The molecule has 0 heteroatoms. The van der Waals surface area contributed by atoms with Crippen LogP contribution in [0.25, 0.3) is 0 Å². The van der Waals surface area contributed by atoms with E-state index in [2.05, 4.69) is 61.7 Å². The van der Waals surface area contributed by atoms with Gasteiger partial charge in [0.2, 0.25) is 0 Å². The first-order chi connectivity index (χ1) is 8.83. The number of hydrogen-bond acceptors (Lipinski definition) is 0. The Morgan fingerprint density at radius 3 is 1.56 bits per heavy atom. The van der Waals surface area contributed by atoms with Crippen molar-refractivity contribution in [3.63, 3.8) is 0 Å². The highest BCUT2D eigenvalue weighted by atomic mass is 14.3. The fourth-order valence-corrected chi connectivity index (χ4v) is 2.42. The molecule has 0 aliphatic rings. The summed E-state index contributed by atoms with van der Waals surface area (Å²) in [5.74, 6) is 0. The first-order valence-electron chi connectivity index (χ1n) is 6.19. The van der Waals surface area contributed by atoms with Crippen LogP contribution in [-0.2, 0) is 5.41 Å². The maximum absolute atomic E-state index is 4.06. The maximum atomic E-state index is 4.06. The van der Waals surface area contributed by atoms with E-state index in [-0.39, 0.29) is 5.41 Å². The minimum absolute atomic E-state index is 0.176. The standard InChI is InChI=1S/C18H18/c1-3-15-18(4-2,16-11-7-5-8-12-16)17-13-9-6-10-14-17/h3-14H,1-2,15H2. The molecule has 0 saturated carbocycles. The molecular formula is C18H18.